The number of piperazine rings is 1. The number of pyridine rings is 1. The van der Waals surface area contributed by atoms with Crippen LogP contribution in [0.25, 0.3) is 32.9 Å². The number of rotatable bonds is 5. The molecule has 0 radical (unpaired) electrons. The number of phenols is 1. The SMILES string of the molecule is [2H]C1([2H])CC[C@@]2(C([2H])([2H])Oc3nc(N4CC5CCC4CN5)c4cnc(-c5cc(O)cc6ccc(F)c(C#C)c56)c(F)c4n3)C[C@@H](F)CN12. The van der Waals surface area contributed by atoms with Crippen LogP contribution in [-0.2, 0) is 0 Å². The lowest BCUT2D eigenvalue weighted by molar-refractivity contribution is 0.107. The smallest absolute Gasteiger partial charge is 0.319 e. The molecule has 2 unspecified atom stereocenters. The quantitative estimate of drug-likeness (QED) is 0.317. The van der Waals surface area contributed by atoms with Gasteiger partial charge in [-0.05, 0) is 55.8 Å². The van der Waals surface area contributed by atoms with E-state index in [0.29, 0.717) is 18.5 Å². The van der Waals surface area contributed by atoms with Gasteiger partial charge in [-0.1, -0.05) is 12.0 Å². The third kappa shape index (κ3) is 4.26. The second-order valence-corrected chi connectivity index (χ2v) is 12.0. The van der Waals surface area contributed by atoms with Gasteiger partial charge >= 0.3 is 6.01 Å². The van der Waals surface area contributed by atoms with Crippen LogP contribution in [0.1, 0.15) is 43.2 Å². The molecule has 5 fully saturated rings. The number of aromatic hydroxyl groups is 1. The van der Waals surface area contributed by atoms with Crippen molar-refractivity contribution in [2.24, 2.45) is 0 Å². The molecule has 2 N–H and O–H groups in total. The first-order valence-corrected chi connectivity index (χ1v) is 14.7. The molecule has 2 bridgehead atoms. The van der Waals surface area contributed by atoms with Crippen molar-refractivity contribution >= 4 is 27.5 Å². The Labute approximate surface area is 257 Å². The predicted molar refractivity (Wildman–Crippen MR) is 160 cm³/mol. The Morgan fingerprint density at radius 1 is 1.25 bits per heavy atom. The highest BCUT2D eigenvalue weighted by Gasteiger charge is 2.49. The number of benzene rings is 2. The Bertz CT molecular complexity index is 2040. The van der Waals surface area contributed by atoms with Crippen molar-refractivity contribution in [2.75, 3.05) is 37.6 Å². The largest absolute Gasteiger partial charge is 0.508 e. The molecule has 4 atom stereocenters. The van der Waals surface area contributed by atoms with E-state index in [0.717, 1.165) is 18.9 Å². The van der Waals surface area contributed by atoms with E-state index in [1.165, 1.54) is 29.3 Å². The molecule has 5 aliphatic heterocycles. The van der Waals surface area contributed by atoms with Crippen LogP contribution in [-0.4, -0.2) is 81.4 Å². The lowest BCUT2D eigenvalue weighted by Gasteiger charge is -2.46. The first-order valence-electron chi connectivity index (χ1n) is 16.7. The van der Waals surface area contributed by atoms with E-state index in [1.807, 2.05) is 4.90 Å². The van der Waals surface area contributed by atoms with E-state index < -0.39 is 42.4 Å². The Hall–Kier alpha value is -4.14. The fourth-order valence-corrected chi connectivity index (χ4v) is 7.25. The average Bonchev–Trinajstić information content (AvgIpc) is 3.55. The zero-order valence-corrected chi connectivity index (χ0v) is 23.6. The van der Waals surface area contributed by atoms with Crippen molar-refractivity contribution in [2.45, 2.75) is 55.9 Å². The molecule has 11 heteroatoms. The number of nitrogens with zero attached hydrogens (tertiary/aromatic N) is 5. The molecule has 7 heterocycles. The molecule has 2 aromatic heterocycles. The monoisotopic (exact) mass is 604 g/mol. The van der Waals surface area contributed by atoms with Crippen LogP contribution in [0.4, 0.5) is 19.0 Å². The second kappa shape index (κ2) is 10.2. The number of aromatic nitrogens is 3. The summed E-state index contributed by atoms with van der Waals surface area (Å²) in [6, 6.07) is 4.84. The molecule has 44 heavy (non-hydrogen) atoms. The number of ether oxygens (including phenoxy) is 1. The lowest BCUT2D eigenvalue weighted by Crippen LogP contribution is -2.61. The van der Waals surface area contributed by atoms with E-state index in [1.54, 1.807) is 0 Å². The van der Waals surface area contributed by atoms with Gasteiger partial charge in [0.05, 0.1) is 19.2 Å². The minimum Gasteiger partial charge on any atom is -0.508 e. The Kier molecular flexibility index (Phi) is 5.40. The summed E-state index contributed by atoms with van der Waals surface area (Å²) in [5, 5.41) is 14.8. The third-order valence-electron chi connectivity index (χ3n) is 9.35. The molecule has 226 valence electrons. The first-order chi connectivity index (χ1) is 22.8. The molecule has 4 aromatic rings. The molecule has 5 saturated heterocycles. The summed E-state index contributed by atoms with van der Waals surface area (Å²) in [5.41, 5.74) is -2.29. The normalized spacial score (nSPS) is 29.2. The minimum absolute atomic E-state index is 0.00349. The third-order valence-corrected chi connectivity index (χ3v) is 9.35. The fourth-order valence-electron chi connectivity index (χ4n) is 7.25. The van der Waals surface area contributed by atoms with Crippen LogP contribution in [0.15, 0.2) is 30.5 Å². The van der Waals surface area contributed by atoms with Crippen LogP contribution in [0.5, 0.6) is 11.8 Å². The van der Waals surface area contributed by atoms with Crippen molar-refractivity contribution < 1.29 is 28.5 Å². The molecule has 0 aliphatic carbocycles. The molecular formula is C33H31F3N6O2. The molecule has 8 nitrogen and oxygen atoms in total. The van der Waals surface area contributed by atoms with Crippen molar-refractivity contribution in [1.82, 2.24) is 25.2 Å². The van der Waals surface area contributed by atoms with Gasteiger partial charge in [0.2, 0.25) is 0 Å². The van der Waals surface area contributed by atoms with Gasteiger partial charge in [0.15, 0.2) is 5.82 Å². The summed E-state index contributed by atoms with van der Waals surface area (Å²) in [7, 11) is 0. The van der Waals surface area contributed by atoms with Gasteiger partial charge in [0.25, 0.3) is 0 Å². The standard InChI is InChI=1S/C33H31F3N6O2/c1-2-23-26(35)7-4-18-10-22(43)11-24(27(18)23)29-28(36)30-25(14-38-29)31(42-16-20-5-6-21(42)13-37-20)40-32(39-30)44-17-33-8-3-9-41(33)15-19(34)12-33/h1,4,7,10-11,14,19-21,37,43H,3,5-6,8-9,12-13,15-17H2/t19-,20?,21?,33+/m1/s1/i9D2,17D2. The summed E-state index contributed by atoms with van der Waals surface area (Å²) in [4.78, 5) is 16.6. The molecular weight excluding hydrogens is 569 g/mol. The van der Waals surface area contributed by atoms with Gasteiger partial charge in [-0.2, -0.15) is 9.97 Å². The van der Waals surface area contributed by atoms with Gasteiger partial charge in [0.1, 0.15) is 41.3 Å². The number of anilines is 1. The van der Waals surface area contributed by atoms with Crippen molar-refractivity contribution in [1.29, 1.82) is 0 Å². The van der Waals surface area contributed by atoms with Crippen LogP contribution in [0.2, 0.25) is 0 Å². The van der Waals surface area contributed by atoms with Crippen LogP contribution >= 0.6 is 0 Å². The number of fused-ring (bicyclic) bond motifs is 6. The highest BCUT2D eigenvalue weighted by molar-refractivity contribution is 6.03. The second-order valence-electron chi connectivity index (χ2n) is 12.0. The number of alkyl halides is 1. The molecule has 0 amide bonds. The summed E-state index contributed by atoms with van der Waals surface area (Å²) in [5.74, 6) is 0.705. The summed E-state index contributed by atoms with van der Waals surface area (Å²) in [6.07, 6.45) is 7.05. The molecule has 5 aliphatic rings. The summed E-state index contributed by atoms with van der Waals surface area (Å²) < 4.78 is 87.3. The number of halogens is 3. The highest BCUT2D eigenvalue weighted by Crippen LogP contribution is 2.42. The van der Waals surface area contributed by atoms with E-state index in [2.05, 4.69) is 26.2 Å². The predicted octanol–water partition coefficient (Wildman–Crippen LogP) is 4.71. The zero-order valence-electron chi connectivity index (χ0n) is 27.6. The number of hydrogen-bond donors (Lipinski definition) is 2. The number of phenolic OH excluding ortho intramolecular Hbond substituents is 1. The molecule has 2 aromatic carbocycles. The van der Waals surface area contributed by atoms with Crippen LogP contribution in [0, 0.1) is 24.0 Å². The Balaban J connectivity index is 1.32. The molecule has 0 spiro atoms. The van der Waals surface area contributed by atoms with Crippen molar-refractivity contribution in [3.63, 3.8) is 0 Å². The number of hydrogen-bond acceptors (Lipinski definition) is 8. The van der Waals surface area contributed by atoms with E-state index in [9.17, 15) is 13.9 Å². The Morgan fingerprint density at radius 2 is 2.14 bits per heavy atom. The number of nitrogens with one attached hydrogen (secondary N) is 1. The summed E-state index contributed by atoms with van der Waals surface area (Å²) >= 11 is 0. The minimum atomic E-state index is -2.67. The average molecular weight is 605 g/mol. The fraction of sp³-hybridized carbons (Fsp3) is 0.424. The lowest BCUT2D eigenvalue weighted by atomic mass is 9.92. The topological polar surface area (TPSA) is 86.6 Å². The summed E-state index contributed by atoms with van der Waals surface area (Å²) in [6.45, 7) is -3.71. The maximum atomic E-state index is 16.9. The zero-order chi connectivity index (χ0) is 33.7. The molecule has 0 saturated carbocycles. The van der Waals surface area contributed by atoms with E-state index in [4.69, 9.17) is 16.6 Å². The maximum Gasteiger partial charge on any atom is 0.319 e. The highest BCUT2D eigenvalue weighted by atomic mass is 19.1. The van der Waals surface area contributed by atoms with Gasteiger partial charge in [-0.25, -0.2) is 13.2 Å². The first kappa shape index (κ1) is 23.3. The number of terminal acetylenes is 1. The molecule has 9 rings (SSSR count). The van der Waals surface area contributed by atoms with Gasteiger partial charge in [0, 0.05) is 58.0 Å². The van der Waals surface area contributed by atoms with Crippen molar-refractivity contribution in [3.05, 3.63) is 47.7 Å². The van der Waals surface area contributed by atoms with E-state index >= 15 is 4.39 Å². The number of piperidine rings is 2. The van der Waals surface area contributed by atoms with E-state index in [-0.39, 0.29) is 82.6 Å². The van der Waals surface area contributed by atoms with Gasteiger partial charge in [-0.3, -0.25) is 9.88 Å². The maximum absolute atomic E-state index is 16.9. The van der Waals surface area contributed by atoms with Gasteiger partial charge in [-0.15, -0.1) is 6.42 Å². The van der Waals surface area contributed by atoms with Crippen LogP contribution < -0.4 is 15.0 Å². The van der Waals surface area contributed by atoms with Gasteiger partial charge < -0.3 is 20.1 Å². The van der Waals surface area contributed by atoms with Crippen molar-refractivity contribution in [3.8, 4) is 35.4 Å². The van der Waals surface area contributed by atoms with Crippen LogP contribution in [0.3, 0.4) is 0 Å². The Morgan fingerprint density at radius 3 is 2.91 bits per heavy atom.